The number of fused-ring (bicyclic) bond motifs is 6. The average molecular weight is 1140 g/mol. The Morgan fingerprint density at radius 1 is 0.904 bits per heavy atom. The van der Waals surface area contributed by atoms with Crippen molar-refractivity contribution in [2.75, 3.05) is 57.9 Å². The molecule has 9 heterocycles. The van der Waals surface area contributed by atoms with Crippen molar-refractivity contribution < 1.29 is 38.2 Å². The lowest BCUT2D eigenvalue weighted by Gasteiger charge is -2.35. The van der Waals surface area contributed by atoms with Crippen LogP contribution >= 0.6 is 11.3 Å². The van der Waals surface area contributed by atoms with Gasteiger partial charge < -0.3 is 49.2 Å². The maximum Gasteiger partial charge on any atom is 0.409 e. The molecular formula is C63H73N11O8S. The van der Waals surface area contributed by atoms with Crippen molar-refractivity contribution in [3.8, 4) is 39.3 Å². The van der Waals surface area contributed by atoms with Crippen LogP contribution in [0, 0.1) is 12.8 Å². The number of phenols is 1. The second kappa shape index (κ2) is 22.6. The highest BCUT2D eigenvalue weighted by molar-refractivity contribution is 7.13. The number of likely N-dealkylation sites (tertiary alicyclic amines) is 3. The number of rotatable bonds is 15. The van der Waals surface area contributed by atoms with Gasteiger partial charge in [0.1, 0.15) is 42.8 Å². The number of benzene rings is 3. The van der Waals surface area contributed by atoms with Crippen molar-refractivity contribution in [1.82, 2.24) is 50.4 Å². The number of phenolic OH excluding ortho intramolecular Hbond substituents is 1. The van der Waals surface area contributed by atoms with Crippen LogP contribution in [0.2, 0.25) is 0 Å². The van der Waals surface area contributed by atoms with E-state index in [9.17, 15) is 19.5 Å². The molecule has 20 heteroatoms. The van der Waals surface area contributed by atoms with Crippen LogP contribution < -0.4 is 25.0 Å². The molecule has 7 aromatic rings. The summed E-state index contributed by atoms with van der Waals surface area (Å²) in [6, 6.07) is 20.1. The number of hydrogen-bond donors (Lipinski definition) is 3. The number of piperidine rings is 1. The van der Waals surface area contributed by atoms with E-state index in [0.29, 0.717) is 75.2 Å². The lowest BCUT2D eigenvalue weighted by molar-refractivity contribution is -0.141. The second-order valence-electron chi connectivity index (χ2n) is 24.2. The second-order valence-corrected chi connectivity index (χ2v) is 25.0. The van der Waals surface area contributed by atoms with Crippen LogP contribution in [0.4, 0.5) is 10.6 Å². The van der Waals surface area contributed by atoms with Gasteiger partial charge in [0, 0.05) is 99.0 Å². The lowest BCUT2D eigenvalue weighted by Crippen LogP contribution is -2.51. The van der Waals surface area contributed by atoms with Crippen LogP contribution in [0.1, 0.15) is 125 Å². The predicted molar refractivity (Wildman–Crippen MR) is 316 cm³/mol. The zero-order valence-corrected chi connectivity index (χ0v) is 48.9. The third-order valence-corrected chi connectivity index (χ3v) is 19.5. The number of nitrogens with one attached hydrogen (secondary N) is 2. The molecule has 6 aliphatic rings. The number of aromatic nitrogens is 5. The molecule has 0 saturated carbocycles. The fourth-order valence-corrected chi connectivity index (χ4v) is 14.8. The summed E-state index contributed by atoms with van der Waals surface area (Å²) in [6.45, 7) is 13.8. The fraction of sp³-hybridized carbons (Fsp3) is 0.492. The normalized spacial score (nSPS) is 23.2. The molecule has 3 amide bonds. The minimum absolute atomic E-state index is 0.0129. The molecule has 3 aromatic carbocycles. The molecule has 5 aliphatic heterocycles. The first-order chi connectivity index (χ1) is 40.2. The monoisotopic (exact) mass is 1140 g/mol. The maximum atomic E-state index is 14.3. The van der Waals surface area contributed by atoms with Crippen LogP contribution in [-0.2, 0) is 14.3 Å². The zero-order chi connectivity index (χ0) is 57.2. The van der Waals surface area contributed by atoms with Gasteiger partial charge in [-0.25, -0.2) is 9.78 Å². The molecule has 83 heavy (non-hydrogen) atoms. The number of aryl methyl sites for hydroxylation is 1. The van der Waals surface area contributed by atoms with Crippen LogP contribution in [0.5, 0.6) is 17.6 Å². The number of ether oxygens (including phenoxy) is 3. The van der Waals surface area contributed by atoms with Gasteiger partial charge in [0.25, 0.3) is 5.88 Å². The summed E-state index contributed by atoms with van der Waals surface area (Å²) >= 11 is 1.61. The van der Waals surface area contributed by atoms with Gasteiger partial charge in [0.2, 0.25) is 11.8 Å². The Labute approximate surface area is 487 Å². The molecular weight excluding hydrogens is 1070 g/mol. The van der Waals surface area contributed by atoms with Crippen molar-refractivity contribution in [1.29, 1.82) is 0 Å². The van der Waals surface area contributed by atoms with Crippen molar-refractivity contribution in [2.24, 2.45) is 5.92 Å². The van der Waals surface area contributed by atoms with Crippen molar-refractivity contribution >= 4 is 56.7 Å². The van der Waals surface area contributed by atoms with E-state index in [2.05, 4.69) is 62.7 Å². The van der Waals surface area contributed by atoms with Crippen molar-refractivity contribution in [2.45, 2.75) is 140 Å². The van der Waals surface area contributed by atoms with E-state index in [1.165, 1.54) is 5.56 Å². The van der Waals surface area contributed by atoms with Gasteiger partial charge in [-0.1, -0.05) is 63.2 Å². The quantitative estimate of drug-likeness (QED) is 0.0872. The molecule has 4 aromatic heterocycles. The third-order valence-electron chi connectivity index (χ3n) is 18.5. The molecule has 3 N–H and O–H groups in total. The van der Waals surface area contributed by atoms with Gasteiger partial charge in [-0.05, 0) is 110 Å². The van der Waals surface area contributed by atoms with Crippen LogP contribution in [0.15, 0.2) is 76.9 Å². The van der Waals surface area contributed by atoms with E-state index < -0.39 is 12.0 Å². The van der Waals surface area contributed by atoms with Crippen LogP contribution in [0.3, 0.4) is 0 Å². The molecule has 5 fully saturated rings. The van der Waals surface area contributed by atoms with Gasteiger partial charge in [-0.3, -0.25) is 19.5 Å². The Bertz CT molecular complexity index is 3570. The number of likely N-dealkylation sites (N-methyl/N-ethyl adjacent to an activating group) is 1. The number of carbonyl (C=O) groups excluding carboxylic acids is 3. The van der Waals surface area contributed by atoms with Crippen LogP contribution in [-0.4, -0.2) is 152 Å². The number of nitrogens with zero attached hydrogens (tertiary/aromatic N) is 9. The van der Waals surface area contributed by atoms with Gasteiger partial charge >= 0.3 is 12.1 Å². The molecule has 13 rings (SSSR count). The first-order valence-corrected chi connectivity index (χ1v) is 30.6. The van der Waals surface area contributed by atoms with E-state index in [4.69, 9.17) is 33.7 Å². The average Bonchev–Trinajstić information content (AvgIpc) is 3.79. The Kier molecular flexibility index (Phi) is 14.9. The SMILES string of the molecule is Cc1ncsc1-c1ccc([C@H](C)NC(=O)[C@@H]2CCCN2C(=O)[C@@H](c2cc(OC3CCN(C(=O)OC[C@@H]4CCC(COc5nc(N6CC7CCC(C6)N7)c6cnc7c(c6n5)C(C)c5cccc6cc(O)cc-7c56)N4C)CC3)no2)C(C)C)cc1. The number of amides is 3. The zero-order valence-electron chi connectivity index (χ0n) is 48.0. The number of thiazole rings is 1. The van der Waals surface area contributed by atoms with Gasteiger partial charge in [0.05, 0.1) is 38.7 Å². The largest absolute Gasteiger partial charge is 0.508 e. The summed E-state index contributed by atoms with van der Waals surface area (Å²) < 4.78 is 24.7. The summed E-state index contributed by atoms with van der Waals surface area (Å²) in [7, 11) is 2.06. The summed E-state index contributed by atoms with van der Waals surface area (Å²) in [5.41, 5.74) is 9.63. The summed E-state index contributed by atoms with van der Waals surface area (Å²) in [5.74, 6) is 0.584. The van der Waals surface area contributed by atoms with Gasteiger partial charge in [0.15, 0.2) is 5.76 Å². The number of aromatic hydroxyl groups is 1. The van der Waals surface area contributed by atoms with Gasteiger partial charge in [-0.2, -0.15) is 9.97 Å². The number of carbonyl (C=O) groups is 3. The summed E-state index contributed by atoms with van der Waals surface area (Å²) in [4.78, 5) is 70.7. The molecule has 4 unspecified atom stereocenters. The smallest absolute Gasteiger partial charge is 0.409 e. The molecule has 5 saturated heterocycles. The Morgan fingerprint density at radius 2 is 1.67 bits per heavy atom. The summed E-state index contributed by atoms with van der Waals surface area (Å²) in [5, 5.41) is 25.0. The standard InChI is InChI=1S/C63H73N11O8S/c1-34(2)53(61(77)74-22-8-11-50(74)60(76)66-36(4)38-12-14-39(15-13-38)58-37(5)65-33-83-58)51-27-52(70-82-51)81-46-20-23-72(24-21-46)63(78)80-32-44-19-18-43(71(44)6)31-79-62-68-57-49(59(69-62)73-29-41-16-17-42(30-73)67-41)28-64-56-48-26-45(75)25-40-9-7-10-47(55(40)48)35(3)54(56)57/h7,9-10,12-15,25-28,33-36,41-44,46,50,53,67,75H,8,11,16-24,29-32H2,1-6H3,(H,66,76)/t35?,36-,41?,42?,43?,44-,50-,53+/m0/s1. The van der Waals surface area contributed by atoms with Gasteiger partial charge in [-0.15, -0.1) is 11.3 Å². The maximum absolute atomic E-state index is 14.3. The summed E-state index contributed by atoms with van der Waals surface area (Å²) in [6.07, 6.45) is 7.78. The molecule has 2 bridgehead atoms. The first kappa shape index (κ1) is 54.8. The van der Waals surface area contributed by atoms with Crippen molar-refractivity contribution in [3.05, 3.63) is 101 Å². The predicted octanol–water partition coefficient (Wildman–Crippen LogP) is 9.51. The molecule has 8 atom stereocenters. The molecule has 0 spiro atoms. The lowest BCUT2D eigenvalue weighted by atomic mass is 9.79. The number of hydrogen-bond acceptors (Lipinski definition) is 17. The fourth-order valence-electron chi connectivity index (χ4n) is 14.0. The highest BCUT2D eigenvalue weighted by Crippen LogP contribution is 2.49. The Morgan fingerprint density at radius 3 is 2.42 bits per heavy atom. The highest BCUT2D eigenvalue weighted by atomic mass is 32.1. The Hall–Kier alpha value is -7.42. The molecule has 19 nitrogen and oxygen atoms in total. The van der Waals surface area contributed by atoms with E-state index in [-0.39, 0.29) is 66.3 Å². The van der Waals surface area contributed by atoms with E-state index in [1.54, 1.807) is 27.2 Å². The highest BCUT2D eigenvalue weighted by Gasteiger charge is 2.42. The van der Waals surface area contributed by atoms with E-state index >= 15 is 0 Å². The molecule has 0 radical (unpaired) electrons. The van der Waals surface area contributed by atoms with E-state index in [0.717, 1.165) is 111 Å². The minimum Gasteiger partial charge on any atom is -0.508 e. The topological polar surface area (TPSA) is 214 Å². The Balaban J connectivity index is 0.600. The third kappa shape index (κ3) is 10.6. The van der Waals surface area contributed by atoms with Crippen LogP contribution in [0.25, 0.3) is 43.4 Å². The minimum atomic E-state index is -0.655. The number of anilines is 1. The van der Waals surface area contributed by atoms with Crippen molar-refractivity contribution in [3.63, 3.8) is 0 Å². The number of piperazine rings is 1. The van der Waals surface area contributed by atoms with E-state index in [1.807, 2.05) is 75.8 Å². The number of pyridine rings is 1. The molecule has 434 valence electrons. The first-order valence-electron chi connectivity index (χ1n) is 29.7. The molecule has 1 aliphatic carbocycles.